The van der Waals surface area contributed by atoms with Crippen LogP contribution < -0.4 is 10.6 Å². The van der Waals surface area contributed by atoms with Gasteiger partial charge < -0.3 is 10.6 Å². The van der Waals surface area contributed by atoms with Gasteiger partial charge in [-0.05, 0) is 6.42 Å². The predicted molar refractivity (Wildman–Crippen MR) is 91.9 cm³/mol. The number of carbonyl (C=O) groups excluding carboxylic acids is 2. The molecule has 0 radical (unpaired) electrons. The monoisotopic (exact) mass is 348 g/mol. The van der Waals surface area contributed by atoms with Gasteiger partial charge in [-0.3, -0.25) is 9.59 Å². The minimum atomic E-state index is -0.275. The molecule has 2 saturated heterocycles. The Balaban J connectivity index is 2.12. The van der Waals surface area contributed by atoms with Gasteiger partial charge in [0.25, 0.3) is 0 Å². The molecule has 2 N–H and O–H groups in total. The van der Waals surface area contributed by atoms with Crippen LogP contribution in [0.3, 0.4) is 0 Å². The zero-order chi connectivity index (χ0) is 14.7. The van der Waals surface area contributed by atoms with E-state index in [9.17, 15) is 9.59 Å². The van der Waals surface area contributed by atoms with Crippen molar-refractivity contribution in [2.45, 2.75) is 43.1 Å². The van der Waals surface area contributed by atoms with Crippen LogP contribution in [0.4, 0.5) is 0 Å². The third kappa shape index (κ3) is 3.72. The lowest BCUT2D eigenvalue weighted by Crippen LogP contribution is -2.39. The van der Waals surface area contributed by atoms with Gasteiger partial charge in [0, 0.05) is 5.92 Å². The van der Waals surface area contributed by atoms with Gasteiger partial charge in [-0.15, -0.1) is 0 Å². The topological polar surface area (TPSA) is 58.2 Å². The summed E-state index contributed by atoms with van der Waals surface area (Å²) in [6.07, 6.45) is 4.06. The Kier molecular flexibility index (Phi) is 5.83. The molecule has 0 aromatic carbocycles. The molecular weight excluding hydrogens is 332 g/mol. The molecule has 2 fully saturated rings. The van der Waals surface area contributed by atoms with Crippen molar-refractivity contribution >= 4 is 68.4 Å². The fraction of sp³-hybridized carbons (Fsp3) is 0.667. The fourth-order valence-electron chi connectivity index (χ4n) is 2.40. The maximum Gasteiger partial charge on any atom is 0.239 e. The van der Waals surface area contributed by atoms with E-state index in [1.54, 1.807) is 0 Å². The molecule has 0 spiro atoms. The maximum absolute atomic E-state index is 12.0. The molecule has 2 heterocycles. The van der Waals surface area contributed by atoms with Gasteiger partial charge in [0.1, 0.15) is 8.64 Å². The molecular formula is C12H16N2O2S4. The van der Waals surface area contributed by atoms with E-state index < -0.39 is 0 Å². The Morgan fingerprint density at radius 1 is 1.05 bits per heavy atom. The molecule has 0 unspecified atom stereocenters. The largest absolute Gasteiger partial charge is 0.311 e. The number of thiocarbonyl (C=S) groups is 2. The molecule has 110 valence electrons. The first-order chi connectivity index (χ1) is 9.52. The third-order valence-electron chi connectivity index (χ3n) is 3.35. The average Bonchev–Trinajstić information content (AvgIpc) is 2.87. The van der Waals surface area contributed by atoms with Crippen molar-refractivity contribution in [3.8, 4) is 0 Å². The molecule has 0 bridgehead atoms. The van der Waals surface area contributed by atoms with E-state index >= 15 is 0 Å². The average molecular weight is 349 g/mol. The molecule has 0 aromatic rings. The van der Waals surface area contributed by atoms with E-state index in [1.807, 2.05) is 0 Å². The number of unbranched alkanes of at least 4 members (excludes halogenated alkanes) is 2. The summed E-state index contributed by atoms with van der Waals surface area (Å²) in [7, 11) is 0. The Morgan fingerprint density at radius 3 is 1.90 bits per heavy atom. The van der Waals surface area contributed by atoms with Gasteiger partial charge in [-0.25, -0.2) is 0 Å². The van der Waals surface area contributed by atoms with Crippen LogP contribution in [-0.4, -0.2) is 31.0 Å². The molecule has 2 aliphatic heterocycles. The summed E-state index contributed by atoms with van der Waals surface area (Å²) in [6, 6.07) is 0. The van der Waals surface area contributed by atoms with E-state index in [1.165, 1.54) is 23.5 Å². The minimum Gasteiger partial charge on any atom is -0.311 e. The zero-order valence-corrected chi connectivity index (χ0v) is 14.3. The first-order valence-electron chi connectivity index (χ1n) is 6.56. The summed E-state index contributed by atoms with van der Waals surface area (Å²) in [5.41, 5.74) is 0. The molecule has 0 saturated carbocycles. The highest BCUT2D eigenvalue weighted by Crippen LogP contribution is 2.38. The first kappa shape index (κ1) is 16.2. The summed E-state index contributed by atoms with van der Waals surface area (Å²) in [5.74, 6) is -0.183. The van der Waals surface area contributed by atoms with Gasteiger partial charge in [0.05, 0.1) is 10.5 Å². The van der Waals surface area contributed by atoms with Crippen molar-refractivity contribution in [1.82, 2.24) is 10.6 Å². The quantitative estimate of drug-likeness (QED) is 0.567. The predicted octanol–water partition coefficient (Wildman–Crippen LogP) is 2.22. The summed E-state index contributed by atoms with van der Waals surface area (Å²) < 4.78 is 1.01. The second kappa shape index (κ2) is 7.20. The van der Waals surface area contributed by atoms with Crippen LogP contribution in [-0.2, 0) is 9.59 Å². The van der Waals surface area contributed by atoms with Gasteiger partial charge in [0.15, 0.2) is 0 Å². The van der Waals surface area contributed by atoms with Gasteiger partial charge in [-0.2, -0.15) is 0 Å². The number of hydrogen-bond acceptors (Lipinski definition) is 6. The number of rotatable bonds is 6. The summed E-state index contributed by atoms with van der Waals surface area (Å²) in [5, 5.41) is 4.79. The van der Waals surface area contributed by atoms with E-state index in [4.69, 9.17) is 24.4 Å². The van der Waals surface area contributed by atoms with Crippen LogP contribution in [0.5, 0.6) is 0 Å². The van der Waals surface area contributed by atoms with Crippen LogP contribution in [0.25, 0.3) is 0 Å². The van der Waals surface area contributed by atoms with Crippen molar-refractivity contribution < 1.29 is 9.59 Å². The standard InChI is InChI=1S/C12H16N2O2S4/c1-2-3-4-5-6(7-9(15)13-11(17)19-7)8-10(16)14-12(18)20-8/h6-8H,2-5H2,1H3,(H,13,15,17)(H,14,16,18)/t7-,8-/m0/s1. The molecule has 2 amide bonds. The number of carbonyl (C=O) groups is 2. The van der Waals surface area contributed by atoms with Crippen LogP contribution in [0.1, 0.15) is 32.6 Å². The molecule has 2 aliphatic rings. The van der Waals surface area contributed by atoms with E-state index in [-0.39, 0.29) is 28.2 Å². The van der Waals surface area contributed by atoms with Crippen LogP contribution in [0, 0.1) is 5.92 Å². The Hall–Kier alpha value is -0.180. The molecule has 0 aromatic heterocycles. The van der Waals surface area contributed by atoms with E-state index in [0.717, 1.165) is 25.7 Å². The summed E-state index contributed by atoms with van der Waals surface area (Å²) >= 11 is 12.8. The normalized spacial score (nSPS) is 26.3. The highest BCUT2D eigenvalue weighted by molar-refractivity contribution is 8.25. The van der Waals surface area contributed by atoms with Crippen LogP contribution >= 0.6 is 48.0 Å². The second-order valence-electron chi connectivity index (χ2n) is 4.79. The molecule has 0 aliphatic carbocycles. The number of amides is 2. The SMILES string of the molecule is CCCCCC([C@@H]1SC(=S)NC1=O)[C@@H]1SC(=S)NC1=O. The Bertz CT molecular complexity index is 419. The van der Waals surface area contributed by atoms with Crippen molar-refractivity contribution in [2.24, 2.45) is 5.92 Å². The molecule has 20 heavy (non-hydrogen) atoms. The lowest BCUT2D eigenvalue weighted by molar-refractivity contribution is -0.121. The van der Waals surface area contributed by atoms with Crippen LogP contribution in [0.2, 0.25) is 0 Å². The molecule has 2 atom stereocenters. The van der Waals surface area contributed by atoms with Crippen molar-refractivity contribution in [2.75, 3.05) is 0 Å². The van der Waals surface area contributed by atoms with Crippen molar-refractivity contribution in [1.29, 1.82) is 0 Å². The number of hydrogen-bond donors (Lipinski definition) is 2. The second-order valence-corrected chi connectivity index (χ2v) is 8.43. The minimum absolute atomic E-state index is 0.0301. The number of thioether (sulfide) groups is 2. The molecule has 8 heteroatoms. The van der Waals surface area contributed by atoms with Gasteiger partial charge in [-0.1, -0.05) is 74.1 Å². The summed E-state index contributed by atoms with van der Waals surface area (Å²) in [4.78, 5) is 24.0. The zero-order valence-electron chi connectivity index (χ0n) is 11.0. The lowest BCUT2D eigenvalue weighted by atomic mass is 9.92. The Morgan fingerprint density at radius 2 is 1.55 bits per heavy atom. The highest BCUT2D eigenvalue weighted by atomic mass is 32.2. The van der Waals surface area contributed by atoms with E-state index in [0.29, 0.717) is 8.64 Å². The molecule has 4 nitrogen and oxygen atoms in total. The maximum atomic E-state index is 12.0. The van der Waals surface area contributed by atoms with E-state index in [2.05, 4.69) is 17.6 Å². The first-order valence-corrected chi connectivity index (χ1v) is 9.13. The Labute approximate surface area is 137 Å². The van der Waals surface area contributed by atoms with Crippen molar-refractivity contribution in [3.05, 3.63) is 0 Å². The van der Waals surface area contributed by atoms with Gasteiger partial charge in [0.2, 0.25) is 11.8 Å². The summed E-state index contributed by atoms with van der Waals surface area (Å²) in [6.45, 7) is 2.13. The third-order valence-corrected chi connectivity index (χ3v) is 6.40. The fourth-order valence-corrected chi connectivity index (χ4v) is 5.37. The van der Waals surface area contributed by atoms with Crippen LogP contribution in [0.15, 0.2) is 0 Å². The lowest BCUT2D eigenvalue weighted by Gasteiger charge is -2.24. The molecule has 2 rings (SSSR count). The number of nitrogens with one attached hydrogen (secondary N) is 2. The van der Waals surface area contributed by atoms with Gasteiger partial charge >= 0.3 is 0 Å². The smallest absolute Gasteiger partial charge is 0.239 e. The highest BCUT2D eigenvalue weighted by Gasteiger charge is 2.45. The van der Waals surface area contributed by atoms with Crippen molar-refractivity contribution in [3.63, 3.8) is 0 Å².